The van der Waals surface area contributed by atoms with Crippen molar-refractivity contribution in [1.29, 1.82) is 0 Å². The van der Waals surface area contributed by atoms with E-state index in [1.54, 1.807) is 0 Å². The highest BCUT2D eigenvalue weighted by Crippen LogP contribution is 2.31. The van der Waals surface area contributed by atoms with Crippen molar-refractivity contribution in [3.63, 3.8) is 0 Å². The van der Waals surface area contributed by atoms with Crippen molar-refractivity contribution < 1.29 is 19.5 Å². The van der Waals surface area contributed by atoms with E-state index in [0.29, 0.717) is 45.8 Å². The Kier molecular flexibility index (Phi) is 6.58. The summed E-state index contributed by atoms with van der Waals surface area (Å²) in [6, 6.07) is 0. The molecule has 1 saturated heterocycles. The molecule has 0 aromatic rings. The fraction of sp³-hybridized carbons (Fsp3) is 0.833. The van der Waals surface area contributed by atoms with Crippen LogP contribution in [0.2, 0.25) is 0 Å². The molecule has 0 aromatic heterocycles. The molecule has 0 bridgehead atoms. The second kappa shape index (κ2) is 7.96. The van der Waals surface area contributed by atoms with Crippen molar-refractivity contribution in [2.24, 2.45) is 16.3 Å². The van der Waals surface area contributed by atoms with Gasteiger partial charge < -0.3 is 25.7 Å². The molecule has 0 atom stereocenters. The molecule has 0 aromatic carbocycles. The van der Waals surface area contributed by atoms with Crippen LogP contribution in [0.25, 0.3) is 0 Å². The predicted octanol–water partition coefficient (Wildman–Crippen LogP) is 0.0724. The molecular weight excluding hydrogens is 250 g/mol. The van der Waals surface area contributed by atoms with Gasteiger partial charge in [0, 0.05) is 33.0 Å². The maximum absolute atomic E-state index is 12.3. The van der Waals surface area contributed by atoms with Crippen LogP contribution in [0.1, 0.15) is 26.2 Å². The van der Waals surface area contributed by atoms with Crippen molar-refractivity contribution in [2.75, 3.05) is 33.0 Å². The van der Waals surface area contributed by atoms with E-state index in [0.717, 1.165) is 6.42 Å². The Morgan fingerprint density at radius 2 is 2.21 bits per heavy atom. The van der Waals surface area contributed by atoms with Crippen LogP contribution in [0.4, 0.5) is 0 Å². The molecule has 1 heterocycles. The average Bonchev–Trinajstić information content (AvgIpc) is 2.46. The predicted molar refractivity (Wildman–Crippen MR) is 70.0 cm³/mol. The third kappa shape index (κ3) is 4.07. The van der Waals surface area contributed by atoms with Gasteiger partial charge in [0.1, 0.15) is 5.41 Å². The van der Waals surface area contributed by atoms with Gasteiger partial charge in [0.25, 0.3) is 0 Å². The number of hydrogen-bond donors (Lipinski definition) is 3. The van der Waals surface area contributed by atoms with E-state index >= 15 is 0 Å². The highest BCUT2D eigenvalue weighted by atomic mass is 16.5. The molecule has 7 heteroatoms. The molecule has 1 amide bonds. The summed E-state index contributed by atoms with van der Waals surface area (Å²) in [6.45, 7) is 4.58. The first-order chi connectivity index (χ1) is 9.17. The smallest absolute Gasteiger partial charge is 0.234 e. The summed E-state index contributed by atoms with van der Waals surface area (Å²) in [4.78, 5) is 12.3. The number of nitrogens with zero attached hydrogens (tertiary/aromatic N) is 1. The Balaban J connectivity index is 2.53. The lowest BCUT2D eigenvalue weighted by Gasteiger charge is -2.34. The first-order valence-electron chi connectivity index (χ1n) is 6.59. The molecule has 0 aliphatic carbocycles. The van der Waals surface area contributed by atoms with Crippen molar-refractivity contribution in [2.45, 2.75) is 26.2 Å². The molecule has 4 N–H and O–H groups in total. The maximum Gasteiger partial charge on any atom is 0.234 e. The minimum absolute atomic E-state index is 0.0434. The molecule has 1 aliphatic rings. The number of carbonyl (C=O) groups is 1. The Labute approximate surface area is 113 Å². The van der Waals surface area contributed by atoms with E-state index in [-0.39, 0.29) is 11.7 Å². The molecule has 1 aliphatic heterocycles. The zero-order chi connectivity index (χ0) is 14.1. The van der Waals surface area contributed by atoms with Crippen LogP contribution in [0.5, 0.6) is 0 Å². The quantitative estimate of drug-likeness (QED) is 0.200. The van der Waals surface area contributed by atoms with Gasteiger partial charge in [-0.3, -0.25) is 4.79 Å². The fourth-order valence-corrected chi connectivity index (χ4v) is 2.10. The van der Waals surface area contributed by atoms with Gasteiger partial charge in [0.2, 0.25) is 5.91 Å². The molecule has 19 heavy (non-hydrogen) atoms. The second-order valence-electron chi connectivity index (χ2n) is 4.49. The number of rotatable bonds is 7. The molecule has 7 nitrogen and oxygen atoms in total. The number of ether oxygens (including phenoxy) is 2. The van der Waals surface area contributed by atoms with E-state index in [1.165, 1.54) is 0 Å². The minimum Gasteiger partial charge on any atom is -0.409 e. The van der Waals surface area contributed by atoms with Crippen LogP contribution in [0.15, 0.2) is 5.16 Å². The van der Waals surface area contributed by atoms with Gasteiger partial charge in [-0.1, -0.05) is 5.16 Å². The molecule has 110 valence electrons. The topological polar surface area (TPSA) is 106 Å². The van der Waals surface area contributed by atoms with Crippen molar-refractivity contribution in [3.05, 3.63) is 0 Å². The van der Waals surface area contributed by atoms with Gasteiger partial charge in [0.15, 0.2) is 5.84 Å². The van der Waals surface area contributed by atoms with Gasteiger partial charge in [-0.25, -0.2) is 0 Å². The SMILES string of the molecule is CCOCCCNC(=O)C1(C(N)=NO)CCOCC1. The van der Waals surface area contributed by atoms with Crippen LogP contribution in [0.3, 0.4) is 0 Å². The van der Waals surface area contributed by atoms with Crippen LogP contribution in [-0.4, -0.2) is 49.9 Å². The summed E-state index contributed by atoms with van der Waals surface area (Å²) in [7, 11) is 0. The van der Waals surface area contributed by atoms with E-state index in [2.05, 4.69) is 10.5 Å². The first-order valence-corrected chi connectivity index (χ1v) is 6.59. The van der Waals surface area contributed by atoms with E-state index < -0.39 is 5.41 Å². The van der Waals surface area contributed by atoms with Gasteiger partial charge in [0.05, 0.1) is 0 Å². The maximum atomic E-state index is 12.3. The Morgan fingerprint density at radius 3 is 2.79 bits per heavy atom. The number of nitrogens with two attached hydrogens (primary N) is 1. The molecule has 1 rings (SSSR count). The Hall–Kier alpha value is -1.34. The zero-order valence-corrected chi connectivity index (χ0v) is 11.4. The largest absolute Gasteiger partial charge is 0.409 e. The highest BCUT2D eigenvalue weighted by Gasteiger charge is 2.44. The normalized spacial score (nSPS) is 19.1. The number of amidine groups is 1. The van der Waals surface area contributed by atoms with Crippen LogP contribution in [-0.2, 0) is 14.3 Å². The minimum atomic E-state index is -0.946. The zero-order valence-electron chi connectivity index (χ0n) is 11.4. The summed E-state index contributed by atoms with van der Waals surface area (Å²) in [5.41, 5.74) is 4.75. The van der Waals surface area contributed by atoms with Crippen molar-refractivity contribution in [1.82, 2.24) is 5.32 Å². The summed E-state index contributed by atoms with van der Waals surface area (Å²) < 4.78 is 10.4. The molecule has 0 saturated carbocycles. The van der Waals surface area contributed by atoms with Crippen LogP contribution >= 0.6 is 0 Å². The summed E-state index contributed by atoms with van der Waals surface area (Å²) in [6.07, 6.45) is 1.60. The molecule has 1 fully saturated rings. The highest BCUT2D eigenvalue weighted by molar-refractivity contribution is 6.06. The average molecular weight is 273 g/mol. The summed E-state index contributed by atoms with van der Waals surface area (Å²) in [5, 5.41) is 14.7. The fourth-order valence-electron chi connectivity index (χ4n) is 2.10. The van der Waals surface area contributed by atoms with Gasteiger partial charge >= 0.3 is 0 Å². The van der Waals surface area contributed by atoms with Gasteiger partial charge in [-0.2, -0.15) is 0 Å². The monoisotopic (exact) mass is 273 g/mol. The number of nitrogens with one attached hydrogen (secondary N) is 1. The number of hydrogen-bond acceptors (Lipinski definition) is 5. The Bertz CT molecular complexity index is 314. The molecule has 0 spiro atoms. The summed E-state index contributed by atoms with van der Waals surface area (Å²) >= 11 is 0. The molecular formula is C12H23N3O4. The van der Waals surface area contributed by atoms with Gasteiger partial charge in [-0.05, 0) is 26.2 Å². The van der Waals surface area contributed by atoms with E-state index in [9.17, 15) is 4.79 Å². The summed E-state index contributed by atoms with van der Waals surface area (Å²) in [5.74, 6) is -0.249. The number of amides is 1. The molecule has 0 unspecified atom stereocenters. The van der Waals surface area contributed by atoms with Gasteiger partial charge in [-0.15, -0.1) is 0 Å². The van der Waals surface area contributed by atoms with Crippen LogP contribution < -0.4 is 11.1 Å². The number of oxime groups is 1. The standard InChI is InChI=1S/C12H23N3O4/c1-2-18-7-3-6-14-11(16)12(10(13)15-17)4-8-19-9-5-12/h17H,2-9H2,1H3,(H2,13,15)(H,14,16). The van der Waals surface area contributed by atoms with Crippen molar-refractivity contribution in [3.8, 4) is 0 Å². The second-order valence-corrected chi connectivity index (χ2v) is 4.49. The van der Waals surface area contributed by atoms with E-state index in [1.807, 2.05) is 6.92 Å². The number of carbonyl (C=O) groups excluding carboxylic acids is 1. The third-order valence-electron chi connectivity index (χ3n) is 3.33. The lowest BCUT2D eigenvalue weighted by molar-refractivity contribution is -0.131. The lowest BCUT2D eigenvalue weighted by atomic mass is 9.78. The van der Waals surface area contributed by atoms with Crippen molar-refractivity contribution >= 4 is 11.7 Å². The Morgan fingerprint density at radius 1 is 1.53 bits per heavy atom. The van der Waals surface area contributed by atoms with E-state index in [4.69, 9.17) is 20.4 Å². The molecule has 0 radical (unpaired) electrons. The third-order valence-corrected chi connectivity index (χ3v) is 3.33. The first kappa shape index (κ1) is 15.7. The lowest BCUT2D eigenvalue weighted by Crippen LogP contribution is -2.53. The van der Waals surface area contributed by atoms with Crippen LogP contribution in [0, 0.1) is 5.41 Å².